The number of imidazole rings is 1. The highest BCUT2D eigenvalue weighted by molar-refractivity contribution is 6.34. The predicted octanol–water partition coefficient (Wildman–Crippen LogP) is 5.61. The Hall–Kier alpha value is -2.96. The standard InChI is InChI=1S/C20H12ClF2N3O.ClH/c21-15-9-12(18-11-24-19-3-1-2-8-26(18)19)4-6-14(15)20(27)25-17-7-5-13(22)10-16(17)23;/h1-11H,(H,25,27);1H. The van der Waals surface area contributed by atoms with Crippen LogP contribution in [0.1, 0.15) is 10.4 Å². The summed E-state index contributed by atoms with van der Waals surface area (Å²) in [6.45, 7) is 0. The third kappa shape index (κ3) is 3.69. The highest BCUT2D eigenvalue weighted by Gasteiger charge is 2.15. The Morgan fingerprint density at radius 3 is 2.64 bits per heavy atom. The number of fused-ring (bicyclic) bond motifs is 1. The van der Waals surface area contributed by atoms with Gasteiger partial charge in [0.05, 0.1) is 28.2 Å². The van der Waals surface area contributed by atoms with Gasteiger partial charge in [-0.3, -0.25) is 9.20 Å². The molecule has 4 aromatic rings. The molecule has 8 heteroatoms. The van der Waals surface area contributed by atoms with Gasteiger partial charge in [0.1, 0.15) is 17.3 Å². The number of rotatable bonds is 3. The maximum atomic E-state index is 13.7. The van der Waals surface area contributed by atoms with Gasteiger partial charge in [0.25, 0.3) is 5.91 Å². The number of halogens is 4. The molecular formula is C20H13Cl2F2N3O. The number of hydrogen-bond acceptors (Lipinski definition) is 2. The van der Waals surface area contributed by atoms with E-state index in [0.717, 1.165) is 29.0 Å². The molecule has 4 nitrogen and oxygen atoms in total. The van der Waals surface area contributed by atoms with Crippen LogP contribution >= 0.6 is 24.0 Å². The van der Waals surface area contributed by atoms with E-state index in [0.29, 0.717) is 6.07 Å². The monoisotopic (exact) mass is 419 g/mol. The molecule has 0 aliphatic rings. The van der Waals surface area contributed by atoms with Gasteiger partial charge in [0.2, 0.25) is 0 Å². The lowest BCUT2D eigenvalue weighted by Gasteiger charge is -2.09. The summed E-state index contributed by atoms with van der Waals surface area (Å²) in [5.41, 5.74) is 2.45. The van der Waals surface area contributed by atoms with E-state index in [4.69, 9.17) is 11.6 Å². The van der Waals surface area contributed by atoms with Crippen molar-refractivity contribution >= 4 is 41.2 Å². The van der Waals surface area contributed by atoms with Gasteiger partial charge in [-0.15, -0.1) is 12.4 Å². The largest absolute Gasteiger partial charge is 0.319 e. The quantitative estimate of drug-likeness (QED) is 0.469. The van der Waals surface area contributed by atoms with E-state index >= 15 is 0 Å². The van der Waals surface area contributed by atoms with Crippen molar-refractivity contribution in [3.8, 4) is 11.3 Å². The lowest BCUT2D eigenvalue weighted by Crippen LogP contribution is -2.13. The van der Waals surface area contributed by atoms with Crippen molar-refractivity contribution < 1.29 is 13.6 Å². The Balaban J connectivity index is 0.00000225. The smallest absolute Gasteiger partial charge is 0.257 e. The van der Waals surface area contributed by atoms with Crippen LogP contribution in [0, 0.1) is 11.6 Å². The molecule has 4 rings (SSSR count). The fraction of sp³-hybridized carbons (Fsp3) is 0. The van der Waals surface area contributed by atoms with Crippen molar-refractivity contribution in [2.24, 2.45) is 0 Å². The SMILES string of the molecule is Cl.O=C(Nc1ccc(F)cc1F)c1ccc(-c2cnc3ccccn23)cc1Cl. The highest BCUT2D eigenvalue weighted by Crippen LogP contribution is 2.27. The van der Waals surface area contributed by atoms with Crippen molar-refractivity contribution in [3.05, 3.63) is 89.2 Å². The second kappa shape index (κ2) is 7.96. The summed E-state index contributed by atoms with van der Waals surface area (Å²) < 4.78 is 28.6. The number of amides is 1. The van der Waals surface area contributed by atoms with Gasteiger partial charge in [0.15, 0.2) is 0 Å². The molecule has 142 valence electrons. The zero-order valence-electron chi connectivity index (χ0n) is 14.2. The maximum Gasteiger partial charge on any atom is 0.257 e. The first-order valence-corrected chi connectivity index (χ1v) is 8.39. The number of nitrogens with zero attached hydrogens (tertiary/aromatic N) is 2. The number of anilines is 1. The fourth-order valence-electron chi connectivity index (χ4n) is 2.79. The lowest BCUT2D eigenvalue weighted by molar-refractivity contribution is 0.102. The van der Waals surface area contributed by atoms with Crippen LogP contribution in [0.4, 0.5) is 14.5 Å². The second-order valence-corrected chi connectivity index (χ2v) is 6.25. The number of hydrogen-bond donors (Lipinski definition) is 1. The van der Waals surface area contributed by atoms with Crippen LogP contribution in [-0.2, 0) is 0 Å². The molecule has 0 saturated carbocycles. The van der Waals surface area contributed by atoms with Gasteiger partial charge < -0.3 is 5.32 Å². The number of aromatic nitrogens is 2. The summed E-state index contributed by atoms with van der Waals surface area (Å²) in [4.78, 5) is 16.7. The third-order valence-corrected chi connectivity index (χ3v) is 4.42. The molecule has 0 bridgehead atoms. The van der Waals surface area contributed by atoms with Gasteiger partial charge in [-0.05, 0) is 36.4 Å². The average molecular weight is 420 g/mol. The first kappa shape index (κ1) is 19.8. The average Bonchev–Trinajstić information content (AvgIpc) is 3.08. The molecule has 2 aromatic carbocycles. The Morgan fingerprint density at radius 2 is 1.89 bits per heavy atom. The third-order valence-electron chi connectivity index (χ3n) is 4.11. The molecule has 0 fully saturated rings. The van der Waals surface area contributed by atoms with E-state index in [1.54, 1.807) is 24.4 Å². The van der Waals surface area contributed by atoms with Crippen molar-refractivity contribution in [3.63, 3.8) is 0 Å². The number of carbonyl (C=O) groups excluding carboxylic acids is 1. The normalized spacial score (nSPS) is 10.5. The van der Waals surface area contributed by atoms with Crippen LogP contribution in [0.2, 0.25) is 5.02 Å². The van der Waals surface area contributed by atoms with Gasteiger partial charge >= 0.3 is 0 Å². The topological polar surface area (TPSA) is 46.4 Å². The maximum absolute atomic E-state index is 13.7. The first-order chi connectivity index (χ1) is 13.0. The van der Waals surface area contributed by atoms with Crippen molar-refractivity contribution in [2.45, 2.75) is 0 Å². The number of carbonyl (C=O) groups is 1. The molecule has 0 radical (unpaired) electrons. The van der Waals surface area contributed by atoms with Gasteiger partial charge in [-0.1, -0.05) is 23.7 Å². The first-order valence-electron chi connectivity index (χ1n) is 8.01. The predicted molar refractivity (Wildman–Crippen MR) is 107 cm³/mol. The van der Waals surface area contributed by atoms with Gasteiger partial charge in [-0.2, -0.15) is 0 Å². The molecule has 0 saturated heterocycles. The number of pyridine rings is 1. The Kier molecular flexibility index (Phi) is 5.63. The van der Waals surface area contributed by atoms with Crippen LogP contribution in [-0.4, -0.2) is 15.3 Å². The van der Waals surface area contributed by atoms with E-state index < -0.39 is 17.5 Å². The molecule has 0 spiro atoms. The summed E-state index contributed by atoms with van der Waals surface area (Å²) >= 11 is 6.28. The van der Waals surface area contributed by atoms with Crippen molar-refractivity contribution in [1.29, 1.82) is 0 Å². The molecule has 0 atom stereocenters. The van der Waals surface area contributed by atoms with Gasteiger partial charge in [-0.25, -0.2) is 13.8 Å². The second-order valence-electron chi connectivity index (χ2n) is 5.85. The van der Waals surface area contributed by atoms with Crippen LogP contribution in [0.15, 0.2) is 67.0 Å². The summed E-state index contributed by atoms with van der Waals surface area (Å²) in [6, 6.07) is 13.5. The molecule has 28 heavy (non-hydrogen) atoms. The minimum absolute atomic E-state index is 0. The zero-order valence-corrected chi connectivity index (χ0v) is 15.8. The molecule has 2 heterocycles. The summed E-state index contributed by atoms with van der Waals surface area (Å²) in [5, 5.41) is 2.60. The molecule has 1 N–H and O–H groups in total. The Bertz CT molecular complexity index is 1180. The van der Waals surface area contributed by atoms with Crippen molar-refractivity contribution in [1.82, 2.24) is 9.38 Å². The minimum Gasteiger partial charge on any atom is -0.319 e. The summed E-state index contributed by atoms with van der Waals surface area (Å²) in [6.07, 6.45) is 3.60. The summed E-state index contributed by atoms with van der Waals surface area (Å²) in [5.74, 6) is -2.17. The van der Waals surface area contributed by atoms with E-state index in [2.05, 4.69) is 10.3 Å². The van der Waals surface area contributed by atoms with Crippen LogP contribution in [0.5, 0.6) is 0 Å². The minimum atomic E-state index is -0.859. The fourth-order valence-corrected chi connectivity index (χ4v) is 3.05. The molecule has 0 aliphatic carbocycles. The van der Waals surface area contributed by atoms with Crippen LogP contribution in [0.3, 0.4) is 0 Å². The Morgan fingerprint density at radius 1 is 1.07 bits per heavy atom. The molecule has 0 aliphatic heterocycles. The molecular weight excluding hydrogens is 407 g/mol. The molecule has 1 amide bonds. The number of nitrogens with one attached hydrogen (secondary N) is 1. The van der Waals surface area contributed by atoms with Crippen LogP contribution in [0.25, 0.3) is 16.9 Å². The Labute approximate surface area is 170 Å². The van der Waals surface area contributed by atoms with E-state index in [9.17, 15) is 13.6 Å². The summed E-state index contributed by atoms with van der Waals surface area (Å²) in [7, 11) is 0. The molecule has 0 unspecified atom stereocenters. The van der Waals surface area contributed by atoms with Crippen molar-refractivity contribution in [2.75, 3.05) is 5.32 Å². The van der Waals surface area contributed by atoms with Gasteiger partial charge in [0, 0.05) is 17.8 Å². The van der Waals surface area contributed by atoms with E-state index in [1.165, 1.54) is 0 Å². The van der Waals surface area contributed by atoms with E-state index in [1.807, 2.05) is 28.8 Å². The highest BCUT2D eigenvalue weighted by atomic mass is 35.5. The number of benzene rings is 2. The van der Waals surface area contributed by atoms with E-state index in [-0.39, 0.29) is 28.7 Å². The zero-order chi connectivity index (χ0) is 19.0. The lowest BCUT2D eigenvalue weighted by atomic mass is 10.1. The van der Waals surface area contributed by atoms with Crippen LogP contribution < -0.4 is 5.32 Å². The molecule has 2 aromatic heterocycles.